The van der Waals surface area contributed by atoms with Crippen LogP contribution in [0.4, 0.5) is 8.78 Å². The monoisotopic (exact) mass is 384 g/mol. The van der Waals surface area contributed by atoms with Crippen molar-refractivity contribution in [1.82, 2.24) is 0 Å². The fourth-order valence-corrected chi connectivity index (χ4v) is 2.84. The smallest absolute Gasteiger partial charge is 0.195 e. The zero-order chi connectivity index (χ0) is 12.6. The van der Waals surface area contributed by atoms with Crippen molar-refractivity contribution in [3.05, 3.63) is 54.2 Å². The van der Waals surface area contributed by atoms with Gasteiger partial charge < -0.3 is 0 Å². The predicted molar refractivity (Wildman–Crippen MR) is 71.8 cm³/mol. The summed E-state index contributed by atoms with van der Waals surface area (Å²) in [5, 5.41) is 1.57. The third kappa shape index (κ3) is 2.66. The molecule has 6 heteroatoms. The number of hydrogen-bond donors (Lipinski definition) is 0. The van der Waals surface area contributed by atoms with Crippen LogP contribution in [0.5, 0.6) is 0 Å². The van der Waals surface area contributed by atoms with Crippen molar-refractivity contribution in [2.45, 2.75) is 0 Å². The number of thiophene rings is 1. The predicted octanol–water partition coefficient (Wildman–Crippen LogP) is 4.52. The lowest BCUT2D eigenvalue weighted by Gasteiger charge is -2.02. The molecule has 0 aliphatic rings. The van der Waals surface area contributed by atoms with Gasteiger partial charge in [-0.25, -0.2) is 8.78 Å². The Morgan fingerprint density at radius 2 is 1.88 bits per heavy atom. The standard InChI is InChI=1S/C11H4ClF2IOS/c12-7-3-9(14)8(13)2-6(7)11(16)5-1-10(15)17-4-5/h1-4H. The maximum Gasteiger partial charge on any atom is 0.195 e. The molecule has 1 aromatic heterocycles. The fraction of sp³-hybridized carbons (Fsp3) is 0. The minimum atomic E-state index is -1.08. The van der Waals surface area contributed by atoms with Gasteiger partial charge in [0.25, 0.3) is 0 Å². The Morgan fingerprint density at radius 3 is 2.47 bits per heavy atom. The summed E-state index contributed by atoms with van der Waals surface area (Å²) in [5.74, 6) is -2.55. The van der Waals surface area contributed by atoms with Crippen LogP contribution < -0.4 is 0 Å². The second-order valence-corrected chi connectivity index (χ2v) is 6.43. The topological polar surface area (TPSA) is 17.1 Å². The molecule has 0 saturated heterocycles. The number of carbonyl (C=O) groups is 1. The number of halogens is 4. The Labute approximate surface area is 119 Å². The van der Waals surface area contributed by atoms with Crippen LogP contribution in [0.3, 0.4) is 0 Å². The van der Waals surface area contributed by atoms with Crippen LogP contribution >= 0.6 is 45.5 Å². The van der Waals surface area contributed by atoms with Gasteiger partial charge in [0.15, 0.2) is 17.4 Å². The Bertz CT molecular complexity index is 597. The Morgan fingerprint density at radius 1 is 1.24 bits per heavy atom. The van der Waals surface area contributed by atoms with Gasteiger partial charge in [0.1, 0.15) is 0 Å². The molecule has 0 aliphatic carbocycles. The van der Waals surface area contributed by atoms with Crippen molar-refractivity contribution in [3.63, 3.8) is 0 Å². The number of carbonyl (C=O) groups excluding carboxylic acids is 1. The summed E-state index contributed by atoms with van der Waals surface area (Å²) in [6.07, 6.45) is 0. The van der Waals surface area contributed by atoms with Crippen molar-refractivity contribution in [1.29, 1.82) is 0 Å². The summed E-state index contributed by atoms with van der Waals surface area (Å²) in [7, 11) is 0. The second-order valence-electron chi connectivity index (χ2n) is 3.21. The lowest BCUT2D eigenvalue weighted by atomic mass is 10.1. The van der Waals surface area contributed by atoms with Crippen LogP contribution in [0.2, 0.25) is 5.02 Å². The first-order chi connectivity index (χ1) is 7.99. The highest BCUT2D eigenvalue weighted by Gasteiger charge is 2.17. The molecule has 0 aliphatic heterocycles. The number of rotatable bonds is 2. The van der Waals surface area contributed by atoms with E-state index in [0.717, 1.165) is 15.0 Å². The highest BCUT2D eigenvalue weighted by molar-refractivity contribution is 14.1. The van der Waals surface area contributed by atoms with Crippen LogP contribution in [0.15, 0.2) is 23.6 Å². The third-order valence-electron chi connectivity index (χ3n) is 2.08. The third-order valence-corrected chi connectivity index (χ3v) is 4.19. The Balaban J connectivity index is 2.47. The molecule has 88 valence electrons. The summed E-state index contributed by atoms with van der Waals surface area (Å²) in [5.41, 5.74) is 0.395. The molecule has 1 aromatic carbocycles. The molecule has 0 fully saturated rings. The summed E-state index contributed by atoms with van der Waals surface area (Å²) in [6.45, 7) is 0. The van der Waals surface area contributed by atoms with E-state index in [1.165, 1.54) is 11.3 Å². The molecule has 0 N–H and O–H groups in total. The molecule has 17 heavy (non-hydrogen) atoms. The van der Waals surface area contributed by atoms with Gasteiger partial charge in [0, 0.05) is 16.5 Å². The molecule has 0 saturated carbocycles. The molecule has 0 bridgehead atoms. The summed E-state index contributed by atoms with van der Waals surface area (Å²) < 4.78 is 26.9. The van der Waals surface area contributed by atoms with E-state index in [4.69, 9.17) is 11.6 Å². The second kappa shape index (κ2) is 4.99. The Kier molecular flexibility index (Phi) is 3.79. The number of ketones is 1. The van der Waals surface area contributed by atoms with Crippen molar-refractivity contribution in [3.8, 4) is 0 Å². The summed E-state index contributed by atoms with van der Waals surface area (Å²) in [6, 6.07) is 3.30. The van der Waals surface area contributed by atoms with Crippen LogP contribution in [0.1, 0.15) is 15.9 Å². The van der Waals surface area contributed by atoms with Gasteiger partial charge in [-0.15, -0.1) is 11.3 Å². The van der Waals surface area contributed by atoms with E-state index in [-0.39, 0.29) is 10.6 Å². The van der Waals surface area contributed by atoms with Crippen molar-refractivity contribution >= 4 is 51.3 Å². The zero-order valence-corrected chi connectivity index (χ0v) is 11.9. The lowest BCUT2D eigenvalue weighted by molar-refractivity contribution is 0.103. The highest BCUT2D eigenvalue weighted by atomic mass is 127. The molecular weight excluding hydrogens is 381 g/mol. The van der Waals surface area contributed by atoms with Crippen molar-refractivity contribution in [2.75, 3.05) is 0 Å². The fourth-order valence-electron chi connectivity index (χ4n) is 1.28. The van der Waals surface area contributed by atoms with E-state index in [2.05, 4.69) is 22.6 Å². The van der Waals surface area contributed by atoms with E-state index < -0.39 is 17.4 Å². The summed E-state index contributed by atoms with van der Waals surface area (Å²) >= 11 is 9.20. The van der Waals surface area contributed by atoms with Gasteiger partial charge in [-0.3, -0.25) is 4.79 Å². The van der Waals surface area contributed by atoms with Gasteiger partial charge in [-0.2, -0.15) is 0 Å². The molecule has 0 amide bonds. The molecule has 0 atom stereocenters. The number of benzene rings is 1. The van der Waals surface area contributed by atoms with Gasteiger partial charge in [-0.1, -0.05) is 11.6 Å². The molecule has 0 unspecified atom stereocenters. The number of hydrogen-bond acceptors (Lipinski definition) is 2. The minimum absolute atomic E-state index is 0.0280. The maximum absolute atomic E-state index is 13.1. The molecule has 0 radical (unpaired) electrons. The van der Waals surface area contributed by atoms with Crippen LogP contribution in [0, 0.1) is 14.5 Å². The SMILES string of the molecule is O=C(c1csc(I)c1)c1cc(F)c(F)cc1Cl. The van der Waals surface area contributed by atoms with Gasteiger partial charge >= 0.3 is 0 Å². The van der Waals surface area contributed by atoms with Crippen molar-refractivity contribution in [2.24, 2.45) is 0 Å². The van der Waals surface area contributed by atoms with E-state index >= 15 is 0 Å². The molecule has 0 spiro atoms. The normalized spacial score (nSPS) is 10.6. The van der Waals surface area contributed by atoms with Gasteiger partial charge in [0.2, 0.25) is 0 Å². The van der Waals surface area contributed by atoms with Crippen LogP contribution in [-0.4, -0.2) is 5.78 Å². The largest absolute Gasteiger partial charge is 0.289 e. The highest BCUT2D eigenvalue weighted by Crippen LogP contribution is 2.25. The van der Waals surface area contributed by atoms with E-state index in [1.54, 1.807) is 11.4 Å². The molecular formula is C11H4ClF2IOS. The zero-order valence-electron chi connectivity index (χ0n) is 8.14. The van der Waals surface area contributed by atoms with Crippen LogP contribution in [0.25, 0.3) is 0 Å². The molecule has 1 nitrogen and oxygen atoms in total. The average Bonchev–Trinajstić information content (AvgIpc) is 2.69. The first-order valence-corrected chi connectivity index (χ1v) is 6.76. The molecule has 2 rings (SSSR count). The average molecular weight is 385 g/mol. The van der Waals surface area contributed by atoms with Crippen molar-refractivity contribution < 1.29 is 13.6 Å². The van der Waals surface area contributed by atoms with Crippen LogP contribution in [-0.2, 0) is 0 Å². The Hall–Kier alpha value is -0.530. The maximum atomic E-state index is 13.1. The summed E-state index contributed by atoms with van der Waals surface area (Å²) in [4.78, 5) is 12.0. The minimum Gasteiger partial charge on any atom is -0.289 e. The molecule has 2 aromatic rings. The first-order valence-electron chi connectivity index (χ1n) is 4.42. The first kappa shape index (κ1) is 12.9. The van der Waals surface area contributed by atoms with Gasteiger partial charge in [0.05, 0.1) is 7.91 Å². The van der Waals surface area contributed by atoms with E-state index in [9.17, 15) is 13.6 Å². The molecule has 1 heterocycles. The lowest BCUT2D eigenvalue weighted by Crippen LogP contribution is -2.02. The van der Waals surface area contributed by atoms with E-state index in [0.29, 0.717) is 5.56 Å². The quantitative estimate of drug-likeness (QED) is 0.423. The van der Waals surface area contributed by atoms with Gasteiger partial charge in [-0.05, 0) is 40.8 Å². The van der Waals surface area contributed by atoms with E-state index in [1.807, 2.05) is 0 Å².